The van der Waals surface area contributed by atoms with Crippen molar-refractivity contribution in [3.8, 4) is 0 Å². The Balaban J connectivity index is 2.09. The Labute approximate surface area is 134 Å². The van der Waals surface area contributed by atoms with Crippen LogP contribution in [-0.4, -0.2) is 4.57 Å². The van der Waals surface area contributed by atoms with Crippen LogP contribution in [0, 0.1) is 0 Å². The van der Waals surface area contributed by atoms with E-state index in [-0.39, 0.29) is 6.04 Å². The Morgan fingerprint density at radius 2 is 2.05 bits per heavy atom. The summed E-state index contributed by atoms with van der Waals surface area (Å²) in [5.74, 6) is -0.391. The van der Waals surface area contributed by atoms with Crippen LogP contribution in [0.25, 0.3) is 11.1 Å². The lowest BCUT2D eigenvalue weighted by Gasteiger charge is -2.14. The molecule has 3 aromatic rings. The standard InChI is InChI=1S/C15H12BrClN2O2/c1-19-12-5-2-8(6-13(12)21-15(19)20)14(18)10-4-3-9(16)7-11(10)17/h2-7,14H,18H2,1H3. The predicted octanol–water partition coefficient (Wildman–Crippen LogP) is 3.60. The summed E-state index contributed by atoms with van der Waals surface area (Å²) in [6, 6.07) is 10.7. The molecular formula is C15H12BrClN2O2. The van der Waals surface area contributed by atoms with Crippen LogP contribution >= 0.6 is 27.5 Å². The summed E-state index contributed by atoms with van der Waals surface area (Å²) in [7, 11) is 1.67. The second kappa shape index (κ2) is 5.33. The van der Waals surface area contributed by atoms with Gasteiger partial charge in [0.05, 0.1) is 11.6 Å². The Bertz CT molecular complexity index is 885. The van der Waals surface area contributed by atoms with Gasteiger partial charge in [-0.3, -0.25) is 4.57 Å². The second-order valence-electron chi connectivity index (χ2n) is 4.80. The van der Waals surface area contributed by atoms with Crippen molar-refractivity contribution in [3.63, 3.8) is 0 Å². The Hall–Kier alpha value is -1.56. The molecule has 1 atom stereocenters. The van der Waals surface area contributed by atoms with E-state index in [1.165, 1.54) is 4.57 Å². The molecule has 0 radical (unpaired) electrons. The molecule has 1 aromatic heterocycles. The van der Waals surface area contributed by atoms with Gasteiger partial charge in [-0.2, -0.15) is 0 Å². The highest BCUT2D eigenvalue weighted by atomic mass is 79.9. The Morgan fingerprint density at radius 3 is 2.76 bits per heavy atom. The highest BCUT2D eigenvalue weighted by Crippen LogP contribution is 2.30. The van der Waals surface area contributed by atoms with Crippen molar-refractivity contribution in [1.29, 1.82) is 0 Å². The fourth-order valence-electron chi connectivity index (χ4n) is 2.28. The second-order valence-corrected chi connectivity index (χ2v) is 6.12. The summed E-state index contributed by atoms with van der Waals surface area (Å²) in [6.45, 7) is 0. The molecule has 0 saturated heterocycles. The molecule has 6 heteroatoms. The third-order valence-electron chi connectivity index (χ3n) is 3.47. The minimum absolute atomic E-state index is 0.388. The maximum absolute atomic E-state index is 11.5. The first-order chi connectivity index (χ1) is 9.97. The number of aromatic nitrogens is 1. The molecule has 0 amide bonds. The summed E-state index contributed by atoms with van der Waals surface area (Å²) in [5, 5.41) is 0.589. The number of fused-ring (bicyclic) bond motifs is 1. The number of benzene rings is 2. The normalized spacial score (nSPS) is 12.8. The van der Waals surface area contributed by atoms with Gasteiger partial charge in [0.25, 0.3) is 0 Å². The van der Waals surface area contributed by atoms with E-state index in [2.05, 4.69) is 15.9 Å². The fraction of sp³-hybridized carbons (Fsp3) is 0.133. The third-order valence-corrected chi connectivity index (χ3v) is 4.29. The lowest BCUT2D eigenvalue weighted by atomic mass is 9.99. The van der Waals surface area contributed by atoms with Crippen molar-refractivity contribution in [3.05, 3.63) is 67.6 Å². The van der Waals surface area contributed by atoms with Gasteiger partial charge >= 0.3 is 5.76 Å². The molecule has 0 spiro atoms. The summed E-state index contributed by atoms with van der Waals surface area (Å²) in [5.41, 5.74) is 9.18. The van der Waals surface area contributed by atoms with E-state index in [4.69, 9.17) is 21.8 Å². The van der Waals surface area contributed by atoms with E-state index in [0.29, 0.717) is 10.6 Å². The van der Waals surface area contributed by atoms with Gasteiger partial charge in [-0.05, 0) is 35.4 Å². The van der Waals surface area contributed by atoms with Crippen molar-refractivity contribution < 1.29 is 4.42 Å². The molecule has 0 aliphatic heterocycles. The van der Waals surface area contributed by atoms with Gasteiger partial charge in [-0.15, -0.1) is 0 Å². The topological polar surface area (TPSA) is 61.2 Å². The number of nitrogens with zero attached hydrogens (tertiary/aromatic N) is 1. The zero-order valence-corrected chi connectivity index (χ0v) is 13.5. The maximum Gasteiger partial charge on any atom is 0.419 e. The molecule has 2 N–H and O–H groups in total. The molecule has 0 aliphatic carbocycles. The molecule has 4 nitrogen and oxygen atoms in total. The summed E-state index contributed by atoms with van der Waals surface area (Å²) < 4.78 is 7.54. The molecule has 2 aromatic carbocycles. The van der Waals surface area contributed by atoms with Crippen LogP contribution < -0.4 is 11.5 Å². The monoisotopic (exact) mass is 366 g/mol. The van der Waals surface area contributed by atoms with E-state index >= 15 is 0 Å². The van der Waals surface area contributed by atoms with Gasteiger partial charge in [0.15, 0.2) is 5.58 Å². The zero-order chi connectivity index (χ0) is 15.1. The molecule has 108 valence electrons. The van der Waals surface area contributed by atoms with Crippen LogP contribution in [0.4, 0.5) is 0 Å². The fourth-order valence-corrected chi connectivity index (χ4v) is 3.07. The minimum Gasteiger partial charge on any atom is -0.408 e. The first-order valence-corrected chi connectivity index (χ1v) is 7.44. The summed E-state index contributed by atoms with van der Waals surface area (Å²) >= 11 is 9.60. The minimum atomic E-state index is -0.391. The Kier molecular flexibility index (Phi) is 3.65. The average Bonchev–Trinajstić information content (AvgIpc) is 2.73. The van der Waals surface area contributed by atoms with Crippen LogP contribution in [0.2, 0.25) is 5.02 Å². The first-order valence-electron chi connectivity index (χ1n) is 6.27. The zero-order valence-electron chi connectivity index (χ0n) is 11.1. The molecule has 0 bridgehead atoms. The quantitative estimate of drug-likeness (QED) is 0.753. The van der Waals surface area contributed by atoms with Gasteiger partial charge in [-0.25, -0.2) is 4.79 Å². The number of aryl methyl sites for hydroxylation is 1. The van der Waals surface area contributed by atoms with Crippen LogP contribution in [0.15, 0.2) is 50.1 Å². The lowest BCUT2D eigenvalue weighted by Crippen LogP contribution is -2.12. The van der Waals surface area contributed by atoms with Crippen molar-refractivity contribution >= 4 is 38.6 Å². The van der Waals surface area contributed by atoms with Gasteiger partial charge in [-0.1, -0.05) is 39.7 Å². The number of rotatable bonds is 2. The van der Waals surface area contributed by atoms with Crippen LogP contribution in [-0.2, 0) is 7.05 Å². The molecular weight excluding hydrogens is 356 g/mol. The largest absolute Gasteiger partial charge is 0.419 e. The van der Waals surface area contributed by atoms with Crippen molar-refractivity contribution in [2.75, 3.05) is 0 Å². The van der Waals surface area contributed by atoms with Crippen molar-refractivity contribution in [1.82, 2.24) is 4.57 Å². The van der Waals surface area contributed by atoms with Crippen LogP contribution in [0.3, 0.4) is 0 Å². The third kappa shape index (κ3) is 2.52. The van der Waals surface area contributed by atoms with E-state index in [1.807, 2.05) is 24.3 Å². The number of oxazole rings is 1. The van der Waals surface area contributed by atoms with Crippen LogP contribution in [0.1, 0.15) is 17.2 Å². The SMILES string of the molecule is Cn1c(=O)oc2cc(C(N)c3ccc(Br)cc3Cl)ccc21. The van der Waals surface area contributed by atoms with Gasteiger partial charge in [0.1, 0.15) is 0 Å². The lowest BCUT2D eigenvalue weighted by molar-refractivity contribution is 0.527. The Morgan fingerprint density at radius 1 is 1.29 bits per heavy atom. The summed E-state index contributed by atoms with van der Waals surface area (Å²) in [4.78, 5) is 11.5. The van der Waals surface area contributed by atoms with Gasteiger partial charge in [0, 0.05) is 16.5 Å². The average molecular weight is 368 g/mol. The number of hydrogen-bond acceptors (Lipinski definition) is 3. The number of nitrogens with two attached hydrogens (primary N) is 1. The molecule has 21 heavy (non-hydrogen) atoms. The predicted molar refractivity (Wildman–Crippen MR) is 86.6 cm³/mol. The van der Waals surface area contributed by atoms with E-state index < -0.39 is 5.76 Å². The first kappa shape index (κ1) is 14.4. The van der Waals surface area contributed by atoms with Crippen molar-refractivity contribution in [2.24, 2.45) is 12.8 Å². The van der Waals surface area contributed by atoms with Crippen molar-refractivity contribution in [2.45, 2.75) is 6.04 Å². The molecule has 1 heterocycles. The maximum atomic E-state index is 11.5. The van der Waals surface area contributed by atoms with E-state index in [0.717, 1.165) is 21.1 Å². The van der Waals surface area contributed by atoms with Gasteiger partial charge in [0.2, 0.25) is 0 Å². The molecule has 0 fully saturated rings. The summed E-state index contributed by atoms with van der Waals surface area (Å²) in [6.07, 6.45) is 0. The molecule has 0 aliphatic rings. The highest BCUT2D eigenvalue weighted by molar-refractivity contribution is 9.10. The molecule has 3 rings (SSSR count). The number of halogens is 2. The van der Waals surface area contributed by atoms with E-state index in [1.54, 1.807) is 19.2 Å². The highest BCUT2D eigenvalue weighted by Gasteiger charge is 2.15. The molecule has 0 saturated carbocycles. The smallest absolute Gasteiger partial charge is 0.408 e. The van der Waals surface area contributed by atoms with Crippen LogP contribution in [0.5, 0.6) is 0 Å². The van der Waals surface area contributed by atoms with Gasteiger partial charge < -0.3 is 10.2 Å². The number of hydrogen-bond donors (Lipinski definition) is 1. The molecule has 1 unspecified atom stereocenters. The van der Waals surface area contributed by atoms with E-state index in [9.17, 15) is 4.79 Å².